The molecule has 0 bridgehead atoms. The molecule has 0 radical (unpaired) electrons. The lowest BCUT2D eigenvalue weighted by Gasteiger charge is -2.22. The van der Waals surface area contributed by atoms with Crippen molar-refractivity contribution in [2.45, 2.75) is 30.0 Å². The van der Waals surface area contributed by atoms with Gasteiger partial charge in [-0.3, -0.25) is 0 Å². The van der Waals surface area contributed by atoms with Gasteiger partial charge >= 0.3 is 0 Å². The Kier molecular flexibility index (Phi) is 4.90. The van der Waals surface area contributed by atoms with Crippen molar-refractivity contribution in [1.82, 2.24) is 15.5 Å². The average molecular weight is 305 g/mol. The first-order chi connectivity index (χ1) is 10.3. The van der Waals surface area contributed by atoms with E-state index in [1.165, 1.54) is 10.5 Å². The summed E-state index contributed by atoms with van der Waals surface area (Å²) in [6, 6.07) is 8.69. The Morgan fingerprint density at radius 1 is 1.43 bits per heavy atom. The van der Waals surface area contributed by atoms with Crippen LogP contribution in [0.4, 0.5) is 0 Å². The van der Waals surface area contributed by atoms with Crippen LogP contribution in [0.5, 0.6) is 0 Å². The molecule has 0 aliphatic carbocycles. The maximum Gasteiger partial charge on any atom is 0.228 e. The van der Waals surface area contributed by atoms with E-state index in [0.717, 1.165) is 31.1 Å². The highest BCUT2D eigenvalue weighted by Gasteiger charge is 2.17. The number of hydrogen-bond donors (Lipinski definition) is 1. The van der Waals surface area contributed by atoms with Gasteiger partial charge in [-0.1, -0.05) is 22.9 Å². The minimum Gasteiger partial charge on any atom is -0.378 e. The van der Waals surface area contributed by atoms with Crippen molar-refractivity contribution < 1.29 is 9.26 Å². The van der Waals surface area contributed by atoms with E-state index >= 15 is 0 Å². The lowest BCUT2D eigenvalue weighted by Crippen LogP contribution is -2.42. The molecule has 1 aromatic carbocycles. The molecule has 1 fully saturated rings. The Morgan fingerprint density at radius 3 is 3.19 bits per heavy atom. The van der Waals surface area contributed by atoms with Gasteiger partial charge in [-0.05, 0) is 19.1 Å². The summed E-state index contributed by atoms with van der Waals surface area (Å²) in [5, 5.41) is 7.43. The zero-order valence-electron chi connectivity index (χ0n) is 12.0. The Hall–Kier alpha value is -1.37. The zero-order valence-corrected chi connectivity index (χ0v) is 12.9. The third-order valence-electron chi connectivity index (χ3n) is 3.29. The van der Waals surface area contributed by atoms with E-state index in [9.17, 15) is 0 Å². The number of thioether (sulfide) groups is 1. The van der Waals surface area contributed by atoms with Gasteiger partial charge in [-0.15, -0.1) is 11.8 Å². The molecule has 1 aliphatic heterocycles. The van der Waals surface area contributed by atoms with Crippen LogP contribution in [0.1, 0.15) is 17.3 Å². The second-order valence-corrected chi connectivity index (χ2v) is 6.19. The van der Waals surface area contributed by atoms with E-state index in [-0.39, 0.29) is 6.04 Å². The summed E-state index contributed by atoms with van der Waals surface area (Å²) >= 11 is 1.72. The Labute approximate surface area is 128 Å². The van der Waals surface area contributed by atoms with Gasteiger partial charge in [0.2, 0.25) is 5.89 Å². The molecular weight excluding hydrogens is 286 g/mol. The normalized spacial score (nSPS) is 18.8. The highest BCUT2D eigenvalue weighted by atomic mass is 32.2. The average Bonchev–Trinajstić information content (AvgIpc) is 2.94. The first kappa shape index (κ1) is 14.6. The number of hydrogen-bond acceptors (Lipinski definition) is 6. The van der Waals surface area contributed by atoms with Crippen LogP contribution in [0, 0.1) is 6.92 Å². The van der Waals surface area contributed by atoms with Gasteiger partial charge < -0.3 is 14.6 Å². The fraction of sp³-hybridized carbons (Fsp3) is 0.467. The number of aromatic nitrogens is 2. The quantitative estimate of drug-likeness (QED) is 0.855. The van der Waals surface area contributed by atoms with E-state index in [2.05, 4.69) is 46.6 Å². The van der Waals surface area contributed by atoms with Crippen LogP contribution in [0.2, 0.25) is 0 Å². The lowest BCUT2D eigenvalue weighted by atomic mass is 10.2. The number of nitrogens with one attached hydrogen (secondary N) is 1. The van der Waals surface area contributed by atoms with E-state index in [4.69, 9.17) is 9.26 Å². The molecule has 2 aromatic rings. The third-order valence-corrected chi connectivity index (χ3v) is 4.28. The summed E-state index contributed by atoms with van der Waals surface area (Å²) < 4.78 is 10.7. The molecule has 5 nitrogen and oxygen atoms in total. The number of rotatable bonds is 5. The molecule has 6 heteroatoms. The van der Waals surface area contributed by atoms with Crippen molar-refractivity contribution in [1.29, 1.82) is 0 Å². The lowest BCUT2D eigenvalue weighted by molar-refractivity contribution is 0.0744. The molecule has 2 heterocycles. The zero-order chi connectivity index (χ0) is 14.5. The number of aryl methyl sites for hydroxylation is 1. The Balaban J connectivity index is 1.52. The molecule has 0 amide bonds. The molecule has 21 heavy (non-hydrogen) atoms. The number of ether oxygens (including phenoxy) is 1. The predicted octanol–water partition coefficient (Wildman–Crippen LogP) is 2.20. The first-order valence-corrected chi connectivity index (χ1v) is 8.10. The predicted molar refractivity (Wildman–Crippen MR) is 81.4 cm³/mol. The van der Waals surface area contributed by atoms with Crippen molar-refractivity contribution >= 4 is 11.8 Å². The summed E-state index contributed by atoms with van der Waals surface area (Å²) in [5.41, 5.74) is 1.26. The van der Waals surface area contributed by atoms with Crippen LogP contribution in [0.25, 0.3) is 0 Å². The van der Waals surface area contributed by atoms with E-state index < -0.39 is 0 Å². The molecule has 1 unspecified atom stereocenters. The highest BCUT2D eigenvalue weighted by Crippen LogP contribution is 2.22. The molecule has 1 aromatic heterocycles. The molecule has 0 spiro atoms. The molecule has 1 N–H and O–H groups in total. The summed E-state index contributed by atoms with van der Waals surface area (Å²) in [5.74, 6) is 2.15. The van der Waals surface area contributed by atoms with Crippen molar-refractivity contribution in [3.8, 4) is 0 Å². The van der Waals surface area contributed by atoms with Crippen LogP contribution in [0.15, 0.2) is 33.7 Å². The van der Waals surface area contributed by atoms with Crippen LogP contribution in [-0.2, 0) is 16.9 Å². The maximum atomic E-state index is 5.42. The van der Waals surface area contributed by atoms with Gasteiger partial charge in [0.25, 0.3) is 0 Å². The van der Waals surface area contributed by atoms with Gasteiger partial charge in [-0.2, -0.15) is 4.98 Å². The molecule has 1 atom stereocenters. The van der Waals surface area contributed by atoms with Gasteiger partial charge in [0.1, 0.15) is 0 Å². The third kappa shape index (κ3) is 4.30. The fourth-order valence-electron chi connectivity index (χ4n) is 2.25. The van der Waals surface area contributed by atoms with Crippen LogP contribution < -0.4 is 5.32 Å². The maximum absolute atomic E-state index is 5.42. The molecule has 1 saturated heterocycles. The minimum absolute atomic E-state index is 0.275. The van der Waals surface area contributed by atoms with E-state index in [0.29, 0.717) is 12.5 Å². The first-order valence-electron chi connectivity index (χ1n) is 7.11. The second-order valence-electron chi connectivity index (χ2n) is 5.14. The van der Waals surface area contributed by atoms with Gasteiger partial charge in [0.05, 0.1) is 19.0 Å². The summed E-state index contributed by atoms with van der Waals surface area (Å²) in [7, 11) is 0. The summed E-state index contributed by atoms with van der Waals surface area (Å²) in [4.78, 5) is 5.67. The van der Waals surface area contributed by atoms with Crippen molar-refractivity contribution in [3.63, 3.8) is 0 Å². The van der Waals surface area contributed by atoms with Crippen molar-refractivity contribution in [2.24, 2.45) is 0 Å². The Morgan fingerprint density at radius 2 is 2.38 bits per heavy atom. The number of morpholine rings is 1. The van der Waals surface area contributed by atoms with Gasteiger partial charge in [0, 0.05) is 23.9 Å². The van der Waals surface area contributed by atoms with Crippen molar-refractivity contribution in [2.75, 3.05) is 19.8 Å². The smallest absolute Gasteiger partial charge is 0.228 e. The largest absolute Gasteiger partial charge is 0.378 e. The van der Waals surface area contributed by atoms with Gasteiger partial charge in [-0.25, -0.2) is 0 Å². The summed E-state index contributed by atoms with van der Waals surface area (Å²) in [6.07, 6.45) is 0.724. The topological polar surface area (TPSA) is 60.2 Å². The molecule has 3 rings (SSSR count). The van der Waals surface area contributed by atoms with Crippen LogP contribution in [0.3, 0.4) is 0 Å². The minimum atomic E-state index is 0.275. The monoisotopic (exact) mass is 305 g/mol. The molecular formula is C15H19N3O2S. The number of nitrogens with zero attached hydrogens (tertiary/aromatic N) is 2. The van der Waals surface area contributed by atoms with Crippen LogP contribution >= 0.6 is 11.8 Å². The van der Waals surface area contributed by atoms with Crippen molar-refractivity contribution in [3.05, 3.63) is 41.5 Å². The molecule has 112 valence electrons. The highest BCUT2D eigenvalue weighted by molar-refractivity contribution is 7.98. The molecule has 1 aliphatic rings. The second kappa shape index (κ2) is 7.06. The fourth-order valence-corrected chi connectivity index (χ4v) is 3.10. The van der Waals surface area contributed by atoms with Crippen LogP contribution in [-0.4, -0.2) is 35.9 Å². The van der Waals surface area contributed by atoms with E-state index in [1.807, 2.05) is 0 Å². The Bertz CT molecular complexity index is 582. The molecule has 0 saturated carbocycles. The van der Waals surface area contributed by atoms with E-state index in [1.54, 1.807) is 11.8 Å². The SMILES string of the molecule is Cc1cccc(SCc2noc(CC3COCCN3)n2)c1. The number of benzene rings is 1. The van der Waals surface area contributed by atoms with Gasteiger partial charge in [0.15, 0.2) is 5.82 Å². The summed E-state index contributed by atoms with van der Waals surface area (Å²) in [6.45, 7) is 4.46. The standard InChI is InChI=1S/C15H19N3O2S/c1-11-3-2-4-13(7-11)21-10-14-17-15(20-18-14)8-12-9-19-6-5-16-12/h2-4,7,12,16H,5-6,8-10H2,1H3.